The topological polar surface area (TPSA) is 39.7 Å². The van der Waals surface area contributed by atoms with Gasteiger partial charge in [-0.3, -0.25) is 0 Å². The molecule has 4 nitrogen and oxygen atoms in total. The fraction of sp³-hybridized carbons (Fsp3) is 0.625. The summed E-state index contributed by atoms with van der Waals surface area (Å²) in [6, 6.07) is 6.31. The molecular weight excluding hydrogens is 254 g/mol. The third kappa shape index (κ3) is 3.25. The molecule has 2 fully saturated rings. The van der Waals surface area contributed by atoms with Crippen LogP contribution >= 0.6 is 0 Å². The van der Waals surface area contributed by atoms with Gasteiger partial charge in [0.05, 0.1) is 20.3 Å². The van der Waals surface area contributed by atoms with Gasteiger partial charge in [-0.2, -0.15) is 0 Å². The Morgan fingerprint density at radius 2 is 2.00 bits per heavy atom. The minimum absolute atomic E-state index is 0.179. The molecule has 1 N–H and O–H groups in total. The fourth-order valence-electron chi connectivity index (χ4n) is 2.82. The quantitative estimate of drug-likeness (QED) is 0.894. The predicted octanol–water partition coefficient (Wildman–Crippen LogP) is 2.01. The summed E-state index contributed by atoms with van der Waals surface area (Å²) in [6.07, 6.45) is 3.83. The maximum absolute atomic E-state index is 5.94. The molecule has 0 aromatic heterocycles. The highest BCUT2D eigenvalue weighted by molar-refractivity contribution is 5.43. The summed E-state index contributed by atoms with van der Waals surface area (Å²) in [5.41, 5.74) is 1.34. The number of methoxy groups -OCH3 is 1. The van der Waals surface area contributed by atoms with Gasteiger partial charge >= 0.3 is 0 Å². The first-order valence-corrected chi connectivity index (χ1v) is 7.47. The van der Waals surface area contributed by atoms with E-state index in [1.807, 2.05) is 6.07 Å². The predicted molar refractivity (Wildman–Crippen MR) is 77.5 cm³/mol. The van der Waals surface area contributed by atoms with E-state index in [4.69, 9.17) is 14.2 Å². The van der Waals surface area contributed by atoms with Crippen molar-refractivity contribution in [3.63, 3.8) is 0 Å². The molecule has 3 rings (SSSR count). The molecule has 1 aromatic rings. The van der Waals surface area contributed by atoms with E-state index < -0.39 is 0 Å². The van der Waals surface area contributed by atoms with E-state index in [2.05, 4.69) is 17.4 Å². The van der Waals surface area contributed by atoms with Gasteiger partial charge < -0.3 is 19.5 Å². The van der Waals surface area contributed by atoms with Crippen LogP contribution in [-0.4, -0.2) is 39.5 Å². The SMILES string of the molecule is COc1ccc(CC2CCNCC2)cc1OC1COC1. The van der Waals surface area contributed by atoms with Crippen LogP contribution in [0.15, 0.2) is 18.2 Å². The Balaban J connectivity index is 1.68. The van der Waals surface area contributed by atoms with E-state index in [0.717, 1.165) is 36.9 Å². The molecule has 0 spiro atoms. The van der Waals surface area contributed by atoms with Gasteiger partial charge in [0.25, 0.3) is 0 Å². The van der Waals surface area contributed by atoms with Crippen molar-refractivity contribution in [1.29, 1.82) is 0 Å². The van der Waals surface area contributed by atoms with Crippen LogP contribution in [0.25, 0.3) is 0 Å². The number of hydrogen-bond donors (Lipinski definition) is 1. The summed E-state index contributed by atoms with van der Waals surface area (Å²) in [5, 5.41) is 3.41. The van der Waals surface area contributed by atoms with E-state index in [1.54, 1.807) is 7.11 Å². The fourth-order valence-corrected chi connectivity index (χ4v) is 2.82. The summed E-state index contributed by atoms with van der Waals surface area (Å²) >= 11 is 0. The van der Waals surface area contributed by atoms with Crippen molar-refractivity contribution in [2.75, 3.05) is 33.4 Å². The molecule has 1 aromatic carbocycles. The van der Waals surface area contributed by atoms with Crippen LogP contribution in [0.4, 0.5) is 0 Å². The Morgan fingerprint density at radius 3 is 2.65 bits per heavy atom. The van der Waals surface area contributed by atoms with Crippen LogP contribution in [-0.2, 0) is 11.2 Å². The van der Waals surface area contributed by atoms with Crippen LogP contribution in [0, 0.1) is 5.92 Å². The van der Waals surface area contributed by atoms with Crippen molar-refractivity contribution >= 4 is 0 Å². The van der Waals surface area contributed by atoms with Gasteiger partial charge in [0.1, 0.15) is 6.10 Å². The van der Waals surface area contributed by atoms with Crippen molar-refractivity contribution in [3.05, 3.63) is 23.8 Å². The third-order valence-electron chi connectivity index (χ3n) is 4.11. The average Bonchev–Trinajstić information content (AvgIpc) is 2.44. The number of piperidine rings is 1. The average molecular weight is 277 g/mol. The first kappa shape index (κ1) is 13.7. The first-order chi connectivity index (χ1) is 9.85. The van der Waals surface area contributed by atoms with Gasteiger partial charge in [-0.05, 0) is 56.0 Å². The molecule has 0 saturated carbocycles. The van der Waals surface area contributed by atoms with Gasteiger partial charge in [0.2, 0.25) is 0 Å². The van der Waals surface area contributed by atoms with E-state index in [9.17, 15) is 0 Å². The monoisotopic (exact) mass is 277 g/mol. The Morgan fingerprint density at radius 1 is 1.20 bits per heavy atom. The minimum atomic E-state index is 0.179. The molecule has 0 atom stereocenters. The maximum atomic E-state index is 5.94. The maximum Gasteiger partial charge on any atom is 0.162 e. The second-order valence-electron chi connectivity index (χ2n) is 5.66. The molecule has 2 heterocycles. The van der Waals surface area contributed by atoms with E-state index in [0.29, 0.717) is 13.2 Å². The van der Waals surface area contributed by atoms with Crippen molar-refractivity contribution in [2.24, 2.45) is 5.92 Å². The first-order valence-electron chi connectivity index (χ1n) is 7.47. The highest BCUT2D eigenvalue weighted by Crippen LogP contribution is 2.31. The molecular formula is C16H23NO3. The molecule has 0 unspecified atom stereocenters. The largest absolute Gasteiger partial charge is 0.493 e. The highest BCUT2D eigenvalue weighted by Gasteiger charge is 2.22. The number of nitrogens with one attached hydrogen (secondary N) is 1. The summed E-state index contributed by atoms with van der Waals surface area (Å²) in [5.74, 6) is 2.45. The van der Waals surface area contributed by atoms with Crippen LogP contribution in [0.5, 0.6) is 11.5 Å². The molecule has 0 radical (unpaired) electrons. The lowest BCUT2D eigenvalue weighted by molar-refractivity contribution is -0.0803. The van der Waals surface area contributed by atoms with Crippen molar-refractivity contribution in [2.45, 2.75) is 25.4 Å². The van der Waals surface area contributed by atoms with Crippen molar-refractivity contribution in [1.82, 2.24) is 5.32 Å². The van der Waals surface area contributed by atoms with E-state index in [-0.39, 0.29) is 6.10 Å². The molecule has 4 heteroatoms. The van der Waals surface area contributed by atoms with Crippen LogP contribution < -0.4 is 14.8 Å². The minimum Gasteiger partial charge on any atom is -0.493 e. The summed E-state index contributed by atoms with van der Waals surface area (Å²) in [7, 11) is 1.69. The van der Waals surface area contributed by atoms with Gasteiger partial charge in [0.15, 0.2) is 11.5 Å². The number of ether oxygens (including phenoxy) is 3. The standard InChI is InChI=1S/C16H23NO3/c1-18-15-3-2-13(8-12-4-6-17-7-5-12)9-16(15)20-14-10-19-11-14/h2-3,9,12,14,17H,4-8,10-11H2,1H3. The van der Waals surface area contributed by atoms with Gasteiger partial charge in [-0.1, -0.05) is 6.07 Å². The Bertz CT molecular complexity index is 439. The molecule has 0 amide bonds. The zero-order valence-electron chi connectivity index (χ0n) is 12.1. The number of benzene rings is 1. The second-order valence-corrected chi connectivity index (χ2v) is 5.66. The molecule has 2 saturated heterocycles. The Hall–Kier alpha value is -1.26. The summed E-state index contributed by atoms with van der Waals surface area (Å²) < 4.78 is 16.5. The zero-order chi connectivity index (χ0) is 13.8. The number of rotatable bonds is 5. The summed E-state index contributed by atoms with van der Waals surface area (Å²) in [4.78, 5) is 0. The lowest BCUT2D eigenvalue weighted by atomic mass is 9.91. The zero-order valence-corrected chi connectivity index (χ0v) is 12.1. The Kier molecular flexibility index (Phi) is 4.43. The lowest BCUT2D eigenvalue weighted by Gasteiger charge is -2.28. The molecule has 20 heavy (non-hydrogen) atoms. The van der Waals surface area contributed by atoms with Crippen molar-refractivity contribution < 1.29 is 14.2 Å². The molecule has 2 aliphatic heterocycles. The second kappa shape index (κ2) is 6.46. The summed E-state index contributed by atoms with van der Waals surface area (Å²) in [6.45, 7) is 3.65. The van der Waals surface area contributed by atoms with E-state index in [1.165, 1.54) is 18.4 Å². The van der Waals surface area contributed by atoms with Crippen LogP contribution in [0.3, 0.4) is 0 Å². The van der Waals surface area contributed by atoms with Crippen LogP contribution in [0.1, 0.15) is 18.4 Å². The molecule has 2 aliphatic rings. The smallest absolute Gasteiger partial charge is 0.162 e. The highest BCUT2D eigenvalue weighted by atomic mass is 16.6. The molecule has 0 aliphatic carbocycles. The van der Waals surface area contributed by atoms with Gasteiger partial charge in [-0.15, -0.1) is 0 Å². The normalized spacial score (nSPS) is 20.4. The molecule has 110 valence electrons. The van der Waals surface area contributed by atoms with Crippen LogP contribution in [0.2, 0.25) is 0 Å². The number of hydrogen-bond acceptors (Lipinski definition) is 4. The lowest BCUT2D eigenvalue weighted by Crippen LogP contribution is -2.38. The van der Waals surface area contributed by atoms with Gasteiger partial charge in [0, 0.05) is 0 Å². The Labute approximate surface area is 120 Å². The van der Waals surface area contributed by atoms with E-state index >= 15 is 0 Å². The van der Waals surface area contributed by atoms with Crippen molar-refractivity contribution in [3.8, 4) is 11.5 Å². The molecule has 0 bridgehead atoms. The third-order valence-corrected chi connectivity index (χ3v) is 4.11. The van der Waals surface area contributed by atoms with Gasteiger partial charge in [-0.25, -0.2) is 0 Å².